The number of aldehydes is 1. The maximum absolute atomic E-state index is 11.9. The third-order valence-electron chi connectivity index (χ3n) is 2.49. The van der Waals surface area contributed by atoms with Crippen LogP contribution in [0.25, 0.3) is 0 Å². The molecular formula is C10H9ClO3S. The van der Waals surface area contributed by atoms with Crippen LogP contribution in [-0.4, -0.2) is 20.0 Å². The highest BCUT2D eigenvalue weighted by atomic mass is 35.5. The highest BCUT2D eigenvalue weighted by molar-refractivity contribution is 7.92. The molecule has 2 atom stereocenters. The second-order valence-electron chi connectivity index (χ2n) is 3.57. The summed E-state index contributed by atoms with van der Waals surface area (Å²) < 4.78 is 23.7. The highest BCUT2D eigenvalue weighted by Crippen LogP contribution is 2.39. The Morgan fingerprint density at radius 3 is 2.33 bits per heavy atom. The number of hydrogen-bond acceptors (Lipinski definition) is 3. The van der Waals surface area contributed by atoms with Gasteiger partial charge in [0.2, 0.25) is 0 Å². The van der Waals surface area contributed by atoms with Gasteiger partial charge < -0.3 is 4.79 Å². The third kappa shape index (κ3) is 1.92. The van der Waals surface area contributed by atoms with Crippen LogP contribution in [0.15, 0.2) is 29.2 Å². The molecule has 1 aromatic carbocycles. The Morgan fingerprint density at radius 2 is 1.87 bits per heavy atom. The summed E-state index contributed by atoms with van der Waals surface area (Å²) in [7, 11) is -3.33. The second-order valence-corrected chi connectivity index (χ2v) is 6.18. The summed E-state index contributed by atoms with van der Waals surface area (Å²) in [6.45, 7) is 0. The quantitative estimate of drug-likeness (QED) is 0.761. The van der Waals surface area contributed by atoms with Gasteiger partial charge in [0, 0.05) is 10.9 Å². The number of sulfone groups is 1. The van der Waals surface area contributed by atoms with Crippen LogP contribution in [-0.2, 0) is 14.6 Å². The van der Waals surface area contributed by atoms with E-state index in [0.717, 1.165) is 0 Å². The van der Waals surface area contributed by atoms with E-state index in [4.69, 9.17) is 11.6 Å². The first-order valence-corrected chi connectivity index (χ1v) is 6.43. The topological polar surface area (TPSA) is 51.2 Å². The van der Waals surface area contributed by atoms with Gasteiger partial charge in [0.1, 0.15) is 6.29 Å². The van der Waals surface area contributed by atoms with Crippen LogP contribution in [0.3, 0.4) is 0 Å². The average molecular weight is 245 g/mol. The summed E-state index contributed by atoms with van der Waals surface area (Å²) in [5.74, 6) is -0.328. The lowest BCUT2D eigenvalue weighted by atomic mass is 10.4. The van der Waals surface area contributed by atoms with Crippen molar-refractivity contribution in [3.8, 4) is 0 Å². The number of hydrogen-bond donors (Lipinski definition) is 0. The van der Waals surface area contributed by atoms with E-state index in [0.29, 0.717) is 17.7 Å². The van der Waals surface area contributed by atoms with Crippen LogP contribution in [0.2, 0.25) is 5.02 Å². The zero-order valence-corrected chi connectivity index (χ0v) is 9.33. The molecule has 0 spiro atoms. The lowest BCUT2D eigenvalue weighted by molar-refractivity contribution is -0.108. The van der Waals surface area contributed by atoms with E-state index < -0.39 is 15.1 Å². The van der Waals surface area contributed by atoms with E-state index in [1.165, 1.54) is 24.3 Å². The smallest absolute Gasteiger partial charge is 0.181 e. The number of carbonyl (C=O) groups is 1. The molecule has 80 valence electrons. The first-order valence-electron chi connectivity index (χ1n) is 4.50. The molecule has 0 heterocycles. The molecule has 15 heavy (non-hydrogen) atoms. The van der Waals surface area contributed by atoms with Crippen LogP contribution in [0.5, 0.6) is 0 Å². The molecule has 0 unspecified atom stereocenters. The Bertz CT molecular complexity index is 478. The molecule has 0 aliphatic heterocycles. The van der Waals surface area contributed by atoms with Gasteiger partial charge in [0.05, 0.1) is 10.1 Å². The maximum Gasteiger partial charge on any atom is 0.181 e. The maximum atomic E-state index is 11.9. The number of halogens is 1. The summed E-state index contributed by atoms with van der Waals surface area (Å²) >= 11 is 5.66. The SMILES string of the molecule is O=C[C@@H]1C[C@@H]1S(=O)(=O)c1ccc(Cl)cc1. The Hall–Kier alpha value is -0.870. The molecule has 1 saturated carbocycles. The predicted molar refractivity (Wildman–Crippen MR) is 56.6 cm³/mol. The number of carbonyl (C=O) groups excluding carboxylic acids is 1. The van der Waals surface area contributed by atoms with Crippen LogP contribution in [0.1, 0.15) is 6.42 Å². The minimum Gasteiger partial charge on any atom is -0.303 e. The fourth-order valence-corrected chi connectivity index (χ4v) is 3.48. The molecule has 0 amide bonds. The molecule has 0 radical (unpaired) electrons. The first kappa shape index (κ1) is 10.6. The lowest BCUT2D eigenvalue weighted by Crippen LogP contribution is -2.09. The molecule has 1 aliphatic rings. The minimum atomic E-state index is -3.33. The van der Waals surface area contributed by atoms with E-state index in [9.17, 15) is 13.2 Å². The summed E-state index contributed by atoms with van der Waals surface area (Å²) in [6, 6.07) is 6.01. The molecule has 1 aromatic rings. The van der Waals surface area contributed by atoms with Gasteiger partial charge in [-0.25, -0.2) is 8.42 Å². The minimum absolute atomic E-state index is 0.237. The van der Waals surface area contributed by atoms with Crippen LogP contribution in [0.4, 0.5) is 0 Å². The van der Waals surface area contributed by atoms with E-state index in [-0.39, 0.29) is 10.8 Å². The molecule has 2 rings (SSSR count). The van der Waals surface area contributed by atoms with Crippen molar-refractivity contribution in [2.45, 2.75) is 16.6 Å². The van der Waals surface area contributed by atoms with Crippen molar-refractivity contribution in [3.05, 3.63) is 29.3 Å². The fourth-order valence-electron chi connectivity index (χ4n) is 1.49. The molecule has 0 N–H and O–H groups in total. The van der Waals surface area contributed by atoms with Crippen molar-refractivity contribution in [2.75, 3.05) is 0 Å². The summed E-state index contributed by atoms with van der Waals surface area (Å²) in [6.07, 6.45) is 1.15. The number of rotatable bonds is 3. The van der Waals surface area contributed by atoms with E-state index >= 15 is 0 Å². The summed E-state index contributed by atoms with van der Waals surface area (Å²) in [5, 5.41) is -0.0344. The largest absolute Gasteiger partial charge is 0.303 e. The van der Waals surface area contributed by atoms with Gasteiger partial charge in [-0.2, -0.15) is 0 Å². The highest BCUT2D eigenvalue weighted by Gasteiger charge is 2.47. The molecule has 0 saturated heterocycles. The summed E-state index contributed by atoms with van der Waals surface area (Å²) in [4.78, 5) is 10.7. The van der Waals surface area contributed by atoms with Crippen LogP contribution in [0, 0.1) is 5.92 Å². The van der Waals surface area contributed by atoms with Crippen molar-refractivity contribution in [3.63, 3.8) is 0 Å². The van der Waals surface area contributed by atoms with Gasteiger partial charge in [-0.3, -0.25) is 0 Å². The zero-order valence-electron chi connectivity index (χ0n) is 7.76. The van der Waals surface area contributed by atoms with E-state index in [1.54, 1.807) is 0 Å². The van der Waals surface area contributed by atoms with Crippen molar-refractivity contribution < 1.29 is 13.2 Å². The fraction of sp³-hybridized carbons (Fsp3) is 0.300. The average Bonchev–Trinajstić information content (AvgIpc) is 2.98. The zero-order chi connectivity index (χ0) is 11.1. The van der Waals surface area contributed by atoms with Crippen LogP contribution >= 0.6 is 11.6 Å². The molecule has 0 aromatic heterocycles. The Kier molecular flexibility index (Phi) is 2.56. The van der Waals surface area contributed by atoms with E-state index in [1.807, 2.05) is 0 Å². The third-order valence-corrected chi connectivity index (χ3v) is 5.01. The molecule has 1 aliphatic carbocycles. The molecule has 3 nitrogen and oxygen atoms in total. The Balaban J connectivity index is 2.31. The molecular weight excluding hydrogens is 236 g/mol. The van der Waals surface area contributed by atoms with Crippen molar-refractivity contribution in [2.24, 2.45) is 5.92 Å². The van der Waals surface area contributed by atoms with Gasteiger partial charge in [0.15, 0.2) is 9.84 Å². The Morgan fingerprint density at radius 1 is 1.27 bits per heavy atom. The van der Waals surface area contributed by atoms with Crippen LogP contribution < -0.4 is 0 Å². The Labute approximate surface area is 93.0 Å². The molecule has 1 fully saturated rings. The monoisotopic (exact) mass is 244 g/mol. The normalized spacial score (nSPS) is 24.9. The standard InChI is InChI=1S/C10H9ClO3S/c11-8-1-3-9(4-2-8)15(13,14)10-5-7(10)6-12/h1-4,6-7,10H,5H2/t7-,10-/m0/s1. The van der Waals surface area contributed by atoms with Gasteiger partial charge in [-0.05, 0) is 30.7 Å². The van der Waals surface area contributed by atoms with Crippen molar-refractivity contribution >= 4 is 27.7 Å². The van der Waals surface area contributed by atoms with Gasteiger partial charge in [0.25, 0.3) is 0 Å². The summed E-state index contributed by atoms with van der Waals surface area (Å²) in [5.41, 5.74) is 0. The first-order chi connectivity index (χ1) is 7.05. The molecule has 5 heteroatoms. The number of benzene rings is 1. The van der Waals surface area contributed by atoms with Gasteiger partial charge >= 0.3 is 0 Å². The molecule has 0 bridgehead atoms. The lowest BCUT2D eigenvalue weighted by Gasteiger charge is -2.02. The van der Waals surface area contributed by atoms with Crippen molar-refractivity contribution in [1.82, 2.24) is 0 Å². The van der Waals surface area contributed by atoms with Gasteiger partial charge in [-0.15, -0.1) is 0 Å². The predicted octanol–water partition coefficient (Wildman–Crippen LogP) is 1.70. The van der Waals surface area contributed by atoms with Crippen molar-refractivity contribution in [1.29, 1.82) is 0 Å². The van der Waals surface area contributed by atoms with Gasteiger partial charge in [-0.1, -0.05) is 11.6 Å². The second kappa shape index (κ2) is 3.61. The van der Waals surface area contributed by atoms with E-state index in [2.05, 4.69) is 0 Å².